The van der Waals surface area contributed by atoms with E-state index >= 15 is 0 Å². The number of nitrogens with zero attached hydrogens (tertiary/aromatic N) is 1. The lowest BCUT2D eigenvalue weighted by Gasteiger charge is -2.21. The summed E-state index contributed by atoms with van der Waals surface area (Å²) in [5, 5.41) is 3.61. The van der Waals surface area contributed by atoms with Gasteiger partial charge in [-0.1, -0.05) is 31.2 Å². The van der Waals surface area contributed by atoms with Crippen LogP contribution in [0.15, 0.2) is 42.6 Å². The van der Waals surface area contributed by atoms with E-state index in [4.69, 9.17) is 0 Å². The van der Waals surface area contributed by atoms with Gasteiger partial charge < -0.3 is 5.32 Å². The molecule has 0 aliphatic rings. The average molecular weight is 254 g/mol. The molecule has 0 bridgehead atoms. The highest BCUT2D eigenvalue weighted by Gasteiger charge is 2.16. The Hall–Kier alpha value is -1.67. The second kappa shape index (κ2) is 6.48. The lowest BCUT2D eigenvalue weighted by atomic mass is 9.95. The Balaban J connectivity index is 2.40. The van der Waals surface area contributed by atoms with Gasteiger partial charge in [-0.2, -0.15) is 0 Å². The molecule has 1 aromatic heterocycles. The lowest BCUT2D eigenvalue weighted by Crippen LogP contribution is -2.24. The highest BCUT2D eigenvalue weighted by atomic mass is 14.9. The zero-order valence-corrected chi connectivity index (χ0v) is 12.0. The first-order valence-corrected chi connectivity index (χ1v) is 6.94. The van der Waals surface area contributed by atoms with Gasteiger partial charge in [0.15, 0.2) is 0 Å². The average Bonchev–Trinajstić information content (AvgIpc) is 2.45. The van der Waals surface area contributed by atoms with Crippen LogP contribution >= 0.6 is 0 Å². The van der Waals surface area contributed by atoms with Crippen LogP contribution in [-0.4, -0.2) is 11.5 Å². The number of pyridine rings is 1. The van der Waals surface area contributed by atoms with E-state index in [-0.39, 0.29) is 6.04 Å². The highest BCUT2D eigenvalue weighted by molar-refractivity contribution is 5.38. The minimum Gasteiger partial charge on any atom is -0.305 e. The molecule has 0 amide bonds. The largest absolute Gasteiger partial charge is 0.305 e. The maximum Gasteiger partial charge on any atom is 0.0754 e. The number of hydrogen-bond acceptors (Lipinski definition) is 2. The molecule has 19 heavy (non-hydrogen) atoms. The van der Waals surface area contributed by atoms with Crippen molar-refractivity contribution in [1.29, 1.82) is 0 Å². The fraction of sp³-hybridized carbons (Fsp3) is 0.353. The summed E-state index contributed by atoms with van der Waals surface area (Å²) in [6, 6.07) is 12.8. The molecule has 1 atom stereocenters. The third-order valence-corrected chi connectivity index (χ3v) is 3.54. The molecule has 0 spiro atoms. The third-order valence-electron chi connectivity index (χ3n) is 3.54. The van der Waals surface area contributed by atoms with Crippen LogP contribution in [0.2, 0.25) is 0 Å². The first-order valence-electron chi connectivity index (χ1n) is 6.94. The molecule has 0 saturated carbocycles. The van der Waals surface area contributed by atoms with Gasteiger partial charge in [0, 0.05) is 6.20 Å². The number of hydrogen-bond donors (Lipinski definition) is 1. The summed E-state index contributed by atoms with van der Waals surface area (Å²) in [5.74, 6) is 0. The minimum absolute atomic E-state index is 0.182. The van der Waals surface area contributed by atoms with Crippen LogP contribution in [0.3, 0.4) is 0 Å². The van der Waals surface area contributed by atoms with E-state index in [1.54, 1.807) is 0 Å². The molecule has 0 saturated heterocycles. The number of benzene rings is 1. The molecule has 0 aliphatic carbocycles. The second-order valence-electron chi connectivity index (χ2n) is 4.93. The van der Waals surface area contributed by atoms with Crippen LogP contribution in [0.5, 0.6) is 0 Å². The van der Waals surface area contributed by atoms with Crippen molar-refractivity contribution in [3.8, 4) is 0 Å². The first-order chi connectivity index (χ1) is 9.24. The standard InChI is InChI=1S/C17H22N2/c1-4-11-19-17(16-10-5-6-12-18-16)15-9-7-8-13(2)14(15)3/h5-10,12,17,19H,4,11H2,1-3H3. The summed E-state index contributed by atoms with van der Waals surface area (Å²) in [6.07, 6.45) is 2.98. The normalized spacial score (nSPS) is 12.4. The van der Waals surface area contributed by atoms with Gasteiger partial charge in [-0.05, 0) is 55.6 Å². The van der Waals surface area contributed by atoms with Crippen molar-refractivity contribution in [2.45, 2.75) is 33.2 Å². The summed E-state index contributed by atoms with van der Waals surface area (Å²) in [6.45, 7) is 7.53. The maximum absolute atomic E-state index is 4.52. The number of rotatable bonds is 5. The molecule has 1 N–H and O–H groups in total. The van der Waals surface area contributed by atoms with E-state index in [0.717, 1.165) is 18.7 Å². The van der Waals surface area contributed by atoms with E-state index in [9.17, 15) is 0 Å². The molecule has 2 heteroatoms. The van der Waals surface area contributed by atoms with Gasteiger partial charge in [-0.3, -0.25) is 4.98 Å². The van der Waals surface area contributed by atoms with Gasteiger partial charge >= 0.3 is 0 Å². The van der Waals surface area contributed by atoms with Gasteiger partial charge in [-0.15, -0.1) is 0 Å². The van der Waals surface area contributed by atoms with E-state index in [2.05, 4.69) is 55.3 Å². The van der Waals surface area contributed by atoms with Crippen LogP contribution in [0, 0.1) is 13.8 Å². The Morgan fingerprint density at radius 3 is 2.63 bits per heavy atom. The van der Waals surface area contributed by atoms with E-state index in [1.807, 2.05) is 18.3 Å². The van der Waals surface area contributed by atoms with E-state index in [0.29, 0.717) is 0 Å². The Bertz CT molecular complexity index is 520. The molecular formula is C17H22N2. The van der Waals surface area contributed by atoms with Gasteiger partial charge in [0.25, 0.3) is 0 Å². The molecule has 0 fully saturated rings. The van der Waals surface area contributed by atoms with Crippen molar-refractivity contribution in [2.24, 2.45) is 0 Å². The molecule has 1 heterocycles. The van der Waals surface area contributed by atoms with Gasteiger partial charge in [0.05, 0.1) is 11.7 Å². The smallest absolute Gasteiger partial charge is 0.0754 e. The molecule has 2 nitrogen and oxygen atoms in total. The molecular weight excluding hydrogens is 232 g/mol. The Morgan fingerprint density at radius 1 is 1.11 bits per heavy atom. The maximum atomic E-state index is 4.52. The molecule has 2 rings (SSSR count). The van der Waals surface area contributed by atoms with Crippen LogP contribution in [0.25, 0.3) is 0 Å². The number of aromatic nitrogens is 1. The summed E-state index contributed by atoms with van der Waals surface area (Å²) in [4.78, 5) is 4.52. The molecule has 2 aromatic rings. The SMILES string of the molecule is CCCNC(c1ccccn1)c1cccc(C)c1C. The van der Waals surface area contributed by atoms with Crippen molar-refractivity contribution >= 4 is 0 Å². The summed E-state index contributed by atoms with van der Waals surface area (Å²) >= 11 is 0. The fourth-order valence-electron chi connectivity index (χ4n) is 2.30. The second-order valence-corrected chi connectivity index (χ2v) is 4.93. The topological polar surface area (TPSA) is 24.9 Å². The van der Waals surface area contributed by atoms with Gasteiger partial charge in [-0.25, -0.2) is 0 Å². The third kappa shape index (κ3) is 3.21. The monoisotopic (exact) mass is 254 g/mol. The zero-order valence-electron chi connectivity index (χ0n) is 12.0. The fourth-order valence-corrected chi connectivity index (χ4v) is 2.30. The summed E-state index contributed by atoms with van der Waals surface area (Å²) in [5.41, 5.74) is 5.09. The zero-order chi connectivity index (χ0) is 13.7. The summed E-state index contributed by atoms with van der Waals surface area (Å²) in [7, 11) is 0. The predicted molar refractivity (Wildman–Crippen MR) is 80.3 cm³/mol. The van der Waals surface area contributed by atoms with E-state index < -0.39 is 0 Å². The predicted octanol–water partition coefficient (Wildman–Crippen LogP) is 3.79. The van der Waals surface area contributed by atoms with Crippen LogP contribution in [0.1, 0.15) is 41.8 Å². The molecule has 100 valence electrons. The lowest BCUT2D eigenvalue weighted by molar-refractivity contribution is 0.584. The Kier molecular flexibility index (Phi) is 4.69. The van der Waals surface area contributed by atoms with E-state index in [1.165, 1.54) is 16.7 Å². The summed E-state index contributed by atoms with van der Waals surface area (Å²) < 4.78 is 0. The van der Waals surface area contributed by atoms with Gasteiger partial charge in [0.2, 0.25) is 0 Å². The minimum atomic E-state index is 0.182. The number of aryl methyl sites for hydroxylation is 1. The molecule has 1 unspecified atom stereocenters. The van der Waals surface area contributed by atoms with Gasteiger partial charge in [0.1, 0.15) is 0 Å². The van der Waals surface area contributed by atoms with Crippen molar-refractivity contribution in [3.05, 3.63) is 65.0 Å². The van der Waals surface area contributed by atoms with Crippen molar-refractivity contribution < 1.29 is 0 Å². The quantitative estimate of drug-likeness (QED) is 0.878. The first kappa shape index (κ1) is 13.8. The van der Waals surface area contributed by atoms with Crippen molar-refractivity contribution in [1.82, 2.24) is 10.3 Å². The van der Waals surface area contributed by atoms with Crippen LogP contribution in [0.4, 0.5) is 0 Å². The van der Waals surface area contributed by atoms with Crippen LogP contribution < -0.4 is 5.32 Å². The van der Waals surface area contributed by atoms with Crippen LogP contribution in [-0.2, 0) is 0 Å². The van der Waals surface area contributed by atoms with Crippen molar-refractivity contribution in [3.63, 3.8) is 0 Å². The number of nitrogens with one attached hydrogen (secondary N) is 1. The Morgan fingerprint density at radius 2 is 1.95 bits per heavy atom. The molecule has 0 aliphatic heterocycles. The van der Waals surface area contributed by atoms with Crippen molar-refractivity contribution in [2.75, 3.05) is 6.54 Å². The highest BCUT2D eigenvalue weighted by Crippen LogP contribution is 2.25. The molecule has 0 radical (unpaired) electrons. The molecule has 1 aromatic carbocycles. The Labute approximate surface area is 115 Å².